The van der Waals surface area contributed by atoms with Crippen LogP contribution in [-0.2, 0) is 24.7 Å². The highest BCUT2D eigenvalue weighted by Crippen LogP contribution is 2.19. The lowest BCUT2D eigenvalue weighted by Crippen LogP contribution is -2.23. The molecule has 2 aromatic heterocycles. The molecule has 3 aromatic rings. The molecule has 142 valence electrons. The molecule has 0 saturated carbocycles. The van der Waals surface area contributed by atoms with Gasteiger partial charge in [0.1, 0.15) is 0 Å². The van der Waals surface area contributed by atoms with Crippen LogP contribution in [0, 0.1) is 6.92 Å². The first-order valence-corrected chi connectivity index (χ1v) is 9.77. The van der Waals surface area contributed by atoms with Crippen LogP contribution in [0.25, 0.3) is 0 Å². The van der Waals surface area contributed by atoms with Crippen molar-refractivity contribution in [2.45, 2.75) is 26.7 Å². The molecule has 4 nitrogen and oxygen atoms in total. The minimum Gasteiger partial charge on any atom is -0.550 e. The molecule has 0 bridgehead atoms. The minimum absolute atomic E-state index is 0.0394. The summed E-state index contributed by atoms with van der Waals surface area (Å²) in [6, 6.07) is 12.7. The van der Waals surface area contributed by atoms with Gasteiger partial charge in [-0.25, -0.2) is 0 Å². The van der Waals surface area contributed by atoms with Gasteiger partial charge in [-0.05, 0) is 60.7 Å². The molecule has 0 radical (unpaired) electrons. The average molecular weight is 403 g/mol. The molecule has 27 heavy (non-hydrogen) atoms. The maximum absolute atomic E-state index is 12.5. The number of carboxylic acid groups (broad SMARTS) is 1. The topological polar surface area (TPSA) is 62.1 Å². The van der Waals surface area contributed by atoms with Crippen LogP contribution in [0.4, 0.5) is 0 Å². The highest BCUT2D eigenvalue weighted by Gasteiger charge is 2.17. The SMILES string of the molecule is CCc1cc(C)c(C(=O)c2ccc(Cl)cc2)n1C.O=C([O-])Cc1cccs1. The largest absolute Gasteiger partial charge is 0.550 e. The predicted octanol–water partition coefficient (Wildman–Crippen LogP) is 3.82. The fraction of sp³-hybridized carbons (Fsp3) is 0.238. The van der Waals surface area contributed by atoms with Crippen LogP contribution in [0.3, 0.4) is 0 Å². The van der Waals surface area contributed by atoms with Crippen molar-refractivity contribution in [2.75, 3.05) is 0 Å². The van der Waals surface area contributed by atoms with Crippen molar-refractivity contribution >= 4 is 34.7 Å². The summed E-state index contributed by atoms with van der Waals surface area (Å²) in [7, 11) is 1.94. The van der Waals surface area contributed by atoms with Crippen molar-refractivity contribution in [3.05, 3.63) is 80.3 Å². The predicted molar refractivity (Wildman–Crippen MR) is 107 cm³/mol. The van der Waals surface area contributed by atoms with Gasteiger partial charge in [0, 0.05) is 40.6 Å². The second-order valence-corrected chi connectivity index (χ2v) is 7.51. The van der Waals surface area contributed by atoms with Gasteiger partial charge in [0.2, 0.25) is 5.78 Å². The van der Waals surface area contributed by atoms with Gasteiger partial charge in [-0.3, -0.25) is 4.79 Å². The van der Waals surface area contributed by atoms with E-state index in [-0.39, 0.29) is 12.2 Å². The zero-order valence-electron chi connectivity index (χ0n) is 15.5. The number of benzene rings is 1. The lowest BCUT2D eigenvalue weighted by atomic mass is 10.1. The molecule has 0 atom stereocenters. The molecule has 0 unspecified atom stereocenters. The number of hydrogen-bond donors (Lipinski definition) is 0. The quantitative estimate of drug-likeness (QED) is 0.609. The second-order valence-electron chi connectivity index (χ2n) is 6.04. The number of aromatic nitrogens is 1. The van der Waals surface area contributed by atoms with Crippen molar-refractivity contribution in [1.29, 1.82) is 0 Å². The van der Waals surface area contributed by atoms with E-state index >= 15 is 0 Å². The summed E-state index contributed by atoms with van der Waals surface area (Å²) < 4.78 is 1.98. The Kier molecular flexibility index (Phi) is 7.39. The Bertz CT molecular complexity index is 912. The molecule has 0 saturated heterocycles. The summed E-state index contributed by atoms with van der Waals surface area (Å²) in [5, 5.41) is 12.5. The van der Waals surface area contributed by atoms with Crippen LogP contribution in [0.15, 0.2) is 47.8 Å². The molecule has 1 aromatic carbocycles. The maximum Gasteiger partial charge on any atom is 0.209 e. The number of carboxylic acids is 1. The zero-order valence-corrected chi connectivity index (χ0v) is 17.1. The van der Waals surface area contributed by atoms with Crippen LogP contribution in [0.5, 0.6) is 0 Å². The van der Waals surface area contributed by atoms with Gasteiger partial charge < -0.3 is 14.5 Å². The van der Waals surface area contributed by atoms with E-state index in [1.807, 2.05) is 30.0 Å². The van der Waals surface area contributed by atoms with E-state index in [4.69, 9.17) is 11.6 Å². The molecule has 0 spiro atoms. The first-order valence-electron chi connectivity index (χ1n) is 8.51. The molecule has 0 aliphatic carbocycles. The number of nitrogens with zero attached hydrogens (tertiary/aromatic N) is 1. The summed E-state index contributed by atoms with van der Waals surface area (Å²) in [6.07, 6.45) is 0.961. The molecule has 2 heterocycles. The van der Waals surface area contributed by atoms with Gasteiger partial charge in [-0.2, -0.15) is 0 Å². The smallest absolute Gasteiger partial charge is 0.209 e. The average Bonchev–Trinajstić information content (AvgIpc) is 3.22. The normalized spacial score (nSPS) is 10.2. The van der Waals surface area contributed by atoms with Gasteiger partial charge in [-0.1, -0.05) is 24.6 Å². The Morgan fingerprint density at radius 1 is 1.19 bits per heavy atom. The van der Waals surface area contributed by atoms with Crippen LogP contribution in [0.1, 0.15) is 39.1 Å². The Hall–Kier alpha value is -2.37. The number of hydrogen-bond acceptors (Lipinski definition) is 4. The maximum atomic E-state index is 12.5. The van der Waals surface area contributed by atoms with Crippen molar-refractivity contribution in [2.24, 2.45) is 7.05 Å². The van der Waals surface area contributed by atoms with Gasteiger partial charge >= 0.3 is 0 Å². The lowest BCUT2D eigenvalue weighted by Gasteiger charge is -2.07. The molecular weight excluding hydrogens is 382 g/mol. The van der Waals surface area contributed by atoms with Gasteiger partial charge in [0.25, 0.3) is 0 Å². The third kappa shape index (κ3) is 5.55. The zero-order chi connectivity index (χ0) is 20.0. The highest BCUT2D eigenvalue weighted by molar-refractivity contribution is 7.10. The number of ketones is 1. The van der Waals surface area contributed by atoms with E-state index in [0.29, 0.717) is 10.6 Å². The van der Waals surface area contributed by atoms with E-state index in [1.54, 1.807) is 30.3 Å². The molecule has 0 aliphatic rings. The molecule has 0 fully saturated rings. The molecule has 3 rings (SSSR count). The molecule has 0 amide bonds. The lowest BCUT2D eigenvalue weighted by molar-refractivity contribution is -0.304. The number of thiophene rings is 1. The highest BCUT2D eigenvalue weighted by atomic mass is 35.5. The number of aliphatic carboxylic acids is 1. The summed E-state index contributed by atoms with van der Waals surface area (Å²) in [4.78, 5) is 23.3. The third-order valence-corrected chi connectivity index (χ3v) is 5.23. The Morgan fingerprint density at radius 2 is 1.85 bits per heavy atom. The fourth-order valence-corrected chi connectivity index (χ4v) is 3.60. The van der Waals surface area contributed by atoms with E-state index in [0.717, 1.165) is 22.6 Å². The number of carbonyl (C=O) groups is 2. The van der Waals surface area contributed by atoms with Gasteiger partial charge in [0.15, 0.2) is 0 Å². The van der Waals surface area contributed by atoms with Crippen molar-refractivity contribution < 1.29 is 14.7 Å². The van der Waals surface area contributed by atoms with E-state index < -0.39 is 5.97 Å². The molecule has 6 heteroatoms. The Morgan fingerprint density at radius 3 is 2.33 bits per heavy atom. The van der Waals surface area contributed by atoms with E-state index in [2.05, 4.69) is 13.0 Å². The molecule has 0 N–H and O–H groups in total. The third-order valence-electron chi connectivity index (χ3n) is 4.11. The number of aryl methyl sites for hydroxylation is 2. The summed E-state index contributed by atoms with van der Waals surface area (Å²) in [6.45, 7) is 4.06. The van der Waals surface area contributed by atoms with Crippen LogP contribution < -0.4 is 5.11 Å². The molecule has 0 aliphatic heterocycles. The van der Waals surface area contributed by atoms with E-state index in [9.17, 15) is 14.7 Å². The number of carbonyl (C=O) groups excluding carboxylic acids is 2. The summed E-state index contributed by atoms with van der Waals surface area (Å²) in [5.41, 5.74) is 3.62. The number of rotatable bonds is 5. The van der Waals surface area contributed by atoms with Crippen molar-refractivity contribution in [3.63, 3.8) is 0 Å². The minimum atomic E-state index is -1.02. The van der Waals surface area contributed by atoms with Crippen molar-refractivity contribution in [1.82, 2.24) is 4.57 Å². The number of halogens is 1. The fourth-order valence-electron chi connectivity index (χ4n) is 2.79. The molecular formula is C21H21ClNO3S-. The monoisotopic (exact) mass is 402 g/mol. The van der Waals surface area contributed by atoms with Gasteiger partial charge in [-0.15, -0.1) is 11.3 Å². The van der Waals surface area contributed by atoms with Crippen LogP contribution in [0.2, 0.25) is 5.02 Å². The van der Waals surface area contributed by atoms with Gasteiger partial charge in [0.05, 0.1) is 5.69 Å². The van der Waals surface area contributed by atoms with Crippen LogP contribution in [-0.4, -0.2) is 16.3 Å². The summed E-state index contributed by atoms with van der Waals surface area (Å²) in [5.74, 6) is -0.969. The van der Waals surface area contributed by atoms with Crippen molar-refractivity contribution in [3.8, 4) is 0 Å². The standard InChI is InChI=1S/C15H16ClNO.C6H6O2S/c1-4-13-9-10(2)14(17(13)3)15(18)11-5-7-12(16)8-6-11;7-6(8)4-5-2-1-3-9-5/h5-9H,4H2,1-3H3;1-3H,4H2,(H,7,8)/p-1. The Labute approximate surface area is 168 Å². The first-order chi connectivity index (χ1) is 12.8. The second kappa shape index (κ2) is 9.53. The Balaban J connectivity index is 0.000000244. The summed E-state index contributed by atoms with van der Waals surface area (Å²) >= 11 is 7.27. The van der Waals surface area contributed by atoms with Crippen LogP contribution >= 0.6 is 22.9 Å². The van der Waals surface area contributed by atoms with E-state index in [1.165, 1.54) is 17.0 Å². The first kappa shape index (κ1) is 20.9.